The molecule has 0 radical (unpaired) electrons. The fourth-order valence-corrected chi connectivity index (χ4v) is 5.36. The van der Waals surface area contributed by atoms with Crippen molar-refractivity contribution in [2.24, 2.45) is 29.1 Å². The summed E-state index contributed by atoms with van der Waals surface area (Å²) in [6, 6.07) is -2.67. The first-order valence-electron chi connectivity index (χ1n) is 12.8. The number of Topliss-reactive ketones (excluding diaryl/α,β-unsaturated/α-hetero) is 1. The minimum Gasteiger partial charge on any atom is -0.463 e. The monoisotopic (exact) mass is 507 g/mol. The van der Waals surface area contributed by atoms with Crippen molar-refractivity contribution in [3.05, 3.63) is 0 Å². The van der Waals surface area contributed by atoms with Crippen molar-refractivity contribution in [3.8, 4) is 0 Å². The van der Waals surface area contributed by atoms with Gasteiger partial charge in [0, 0.05) is 6.54 Å². The van der Waals surface area contributed by atoms with Gasteiger partial charge in [0.1, 0.15) is 17.7 Å². The second-order valence-electron chi connectivity index (χ2n) is 12.4. The van der Waals surface area contributed by atoms with E-state index in [2.05, 4.69) is 29.2 Å². The molecule has 0 aromatic heterocycles. The number of amides is 3. The molecule has 36 heavy (non-hydrogen) atoms. The van der Waals surface area contributed by atoms with E-state index in [0.717, 1.165) is 20.0 Å². The Kier molecular flexibility index (Phi) is 7.77. The van der Waals surface area contributed by atoms with Crippen LogP contribution in [0.4, 0.5) is 4.79 Å². The number of ketones is 1. The Bertz CT molecular complexity index is 919. The Morgan fingerprint density at radius 2 is 1.67 bits per heavy atom. The summed E-state index contributed by atoms with van der Waals surface area (Å²) >= 11 is 0. The predicted octanol–water partition coefficient (Wildman–Crippen LogP) is 2.05. The third kappa shape index (κ3) is 6.00. The highest BCUT2D eigenvalue weighted by Crippen LogP contribution is 2.65. The number of hydrogen-bond donors (Lipinski definition) is 2. The summed E-state index contributed by atoms with van der Waals surface area (Å²) in [7, 11) is 1.13. The van der Waals surface area contributed by atoms with E-state index >= 15 is 0 Å². The molecule has 0 aromatic rings. The fraction of sp³-hybridized carbons (Fsp3) is 0.808. The molecule has 2 aliphatic carbocycles. The molecule has 3 fully saturated rings. The summed E-state index contributed by atoms with van der Waals surface area (Å²) in [6.45, 7) is 13.4. The van der Waals surface area contributed by atoms with Gasteiger partial charge in [-0.05, 0) is 56.3 Å². The number of esters is 1. The minimum absolute atomic E-state index is 0.0782. The van der Waals surface area contributed by atoms with Crippen LogP contribution in [-0.2, 0) is 28.7 Å². The van der Waals surface area contributed by atoms with Crippen LogP contribution in [-0.4, -0.2) is 71.9 Å². The lowest BCUT2D eigenvalue weighted by atomic mass is 9.96. The van der Waals surface area contributed by atoms with Crippen LogP contribution in [0.2, 0.25) is 0 Å². The third-order valence-electron chi connectivity index (χ3n) is 7.65. The number of hydrogen-bond acceptors (Lipinski definition) is 7. The van der Waals surface area contributed by atoms with Gasteiger partial charge in [-0.2, -0.15) is 0 Å². The quantitative estimate of drug-likeness (QED) is 0.361. The van der Waals surface area contributed by atoms with E-state index in [9.17, 15) is 24.0 Å². The van der Waals surface area contributed by atoms with Crippen LogP contribution in [0.15, 0.2) is 0 Å². The molecule has 3 aliphatic rings. The highest BCUT2D eigenvalue weighted by atomic mass is 16.6. The number of carbonyl (C=O) groups is 5. The number of carbonyl (C=O) groups excluding carboxylic acids is 5. The molecule has 1 saturated heterocycles. The van der Waals surface area contributed by atoms with Crippen LogP contribution >= 0.6 is 0 Å². The van der Waals surface area contributed by atoms with E-state index in [1.807, 2.05) is 13.8 Å². The molecular weight excluding hydrogens is 466 g/mol. The lowest BCUT2D eigenvalue weighted by Crippen LogP contribution is -2.59. The van der Waals surface area contributed by atoms with Gasteiger partial charge in [-0.25, -0.2) is 9.59 Å². The SMILES string of the molecule is COC(=O)C(=O)C(CC1CC1)NC(=O)[C@@H]1C2C(CN1C(=O)[C@@H](NC(=O)OC(C)(C)C)C(C)C)C2(C)C. The summed E-state index contributed by atoms with van der Waals surface area (Å²) in [5.41, 5.74) is -0.859. The Labute approximate surface area is 213 Å². The maximum absolute atomic E-state index is 13.7. The number of methoxy groups -OCH3 is 1. The van der Waals surface area contributed by atoms with Crippen LogP contribution in [0.3, 0.4) is 0 Å². The highest BCUT2D eigenvalue weighted by Gasteiger charge is 2.69. The lowest BCUT2D eigenvalue weighted by molar-refractivity contribution is -0.153. The van der Waals surface area contributed by atoms with Crippen molar-refractivity contribution < 1.29 is 33.4 Å². The van der Waals surface area contributed by atoms with Gasteiger partial charge >= 0.3 is 12.1 Å². The zero-order chi connectivity index (χ0) is 27.2. The minimum atomic E-state index is -0.994. The maximum Gasteiger partial charge on any atom is 0.408 e. The number of ether oxygens (including phenoxy) is 2. The van der Waals surface area contributed by atoms with Crippen LogP contribution in [0.25, 0.3) is 0 Å². The second-order valence-corrected chi connectivity index (χ2v) is 12.4. The molecule has 3 amide bonds. The molecule has 2 N–H and O–H groups in total. The van der Waals surface area contributed by atoms with Crippen molar-refractivity contribution in [2.75, 3.05) is 13.7 Å². The van der Waals surface area contributed by atoms with Gasteiger partial charge in [-0.3, -0.25) is 14.4 Å². The molecule has 10 heteroatoms. The van der Waals surface area contributed by atoms with Crippen molar-refractivity contribution in [2.45, 2.75) is 91.5 Å². The van der Waals surface area contributed by atoms with Crippen molar-refractivity contribution >= 4 is 29.7 Å². The zero-order valence-corrected chi connectivity index (χ0v) is 22.7. The molecular formula is C26H41N3O7. The van der Waals surface area contributed by atoms with Crippen LogP contribution in [0.5, 0.6) is 0 Å². The van der Waals surface area contributed by atoms with Crippen molar-refractivity contribution in [3.63, 3.8) is 0 Å². The number of likely N-dealkylation sites (tertiary alicyclic amines) is 1. The summed E-state index contributed by atoms with van der Waals surface area (Å²) in [6.07, 6.45) is 1.55. The molecule has 0 bridgehead atoms. The fourth-order valence-electron chi connectivity index (χ4n) is 5.36. The highest BCUT2D eigenvalue weighted by molar-refractivity contribution is 6.36. The van der Waals surface area contributed by atoms with E-state index < -0.39 is 47.5 Å². The van der Waals surface area contributed by atoms with Crippen LogP contribution in [0, 0.1) is 29.1 Å². The van der Waals surface area contributed by atoms with E-state index in [-0.39, 0.29) is 35.0 Å². The molecule has 0 spiro atoms. The Hall–Kier alpha value is -2.65. The number of fused-ring (bicyclic) bond motifs is 1. The first-order chi connectivity index (χ1) is 16.6. The summed E-state index contributed by atoms with van der Waals surface area (Å²) < 4.78 is 9.94. The molecule has 202 valence electrons. The molecule has 5 atom stereocenters. The van der Waals surface area contributed by atoms with Gasteiger partial charge in [0.15, 0.2) is 0 Å². The molecule has 1 aliphatic heterocycles. The Morgan fingerprint density at radius 3 is 2.17 bits per heavy atom. The number of piperidine rings is 1. The normalized spacial score (nSPS) is 25.9. The largest absolute Gasteiger partial charge is 0.463 e. The summed E-state index contributed by atoms with van der Waals surface area (Å²) in [5, 5.41) is 5.45. The summed E-state index contributed by atoms with van der Waals surface area (Å²) in [5.74, 6) is -2.52. The molecule has 2 saturated carbocycles. The molecule has 0 aromatic carbocycles. The first kappa shape index (κ1) is 27.9. The van der Waals surface area contributed by atoms with Gasteiger partial charge in [0.05, 0.1) is 13.2 Å². The number of rotatable bonds is 9. The van der Waals surface area contributed by atoms with Gasteiger partial charge in [0.25, 0.3) is 5.78 Å². The molecule has 3 rings (SSSR count). The van der Waals surface area contributed by atoms with E-state index in [0.29, 0.717) is 13.0 Å². The Morgan fingerprint density at radius 1 is 1.06 bits per heavy atom. The smallest absolute Gasteiger partial charge is 0.408 e. The average Bonchev–Trinajstić information content (AvgIpc) is 3.61. The van der Waals surface area contributed by atoms with Gasteiger partial charge < -0.3 is 25.0 Å². The van der Waals surface area contributed by atoms with E-state index in [1.54, 1.807) is 20.8 Å². The number of nitrogens with zero attached hydrogens (tertiary/aromatic N) is 1. The first-order valence-corrected chi connectivity index (χ1v) is 12.8. The summed E-state index contributed by atoms with van der Waals surface area (Å²) in [4.78, 5) is 65.8. The Balaban J connectivity index is 1.80. The van der Waals surface area contributed by atoms with Crippen molar-refractivity contribution in [1.29, 1.82) is 0 Å². The number of nitrogens with one attached hydrogen (secondary N) is 2. The second kappa shape index (κ2) is 10.0. The topological polar surface area (TPSA) is 131 Å². The van der Waals surface area contributed by atoms with Gasteiger partial charge in [-0.15, -0.1) is 0 Å². The van der Waals surface area contributed by atoms with Crippen LogP contribution in [0.1, 0.15) is 67.7 Å². The van der Waals surface area contributed by atoms with Crippen molar-refractivity contribution in [1.82, 2.24) is 15.5 Å². The zero-order valence-electron chi connectivity index (χ0n) is 22.7. The van der Waals surface area contributed by atoms with Gasteiger partial charge in [-0.1, -0.05) is 40.5 Å². The molecule has 3 unspecified atom stereocenters. The third-order valence-corrected chi connectivity index (χ3v) is 7.65. The predicted molar refractivity (Wildman–Crippen MR) is 131 cm³/mol. The standard InChI is InChI=1S/C26H41N3O7/c1-13(2)18(28-24(34)36-25(3,4)5)22(32)29-12-15-17(26(15,6)7)19(29)21(31)27-16(11-14-9-10-14)20(30)23(33)35-8/h13-19H,9-12H2,1-8H3,(H,27,31)(H,28,34)/t15?,16?,17?,18-,19-/m0/s1. The average molecular weight is 508 g/mol. The lowest BCUT2D eigenvalue weighted by Gasteiger charge is -2.35. The van der Waals surface area contributed by atoms with Gasteiger partial charge in [0.2, 0.25) is 11.8 Å². The molecule has 10 nitrogen and oxygen atoms in total. The van der Waals surface area contributed by atoms with Crippen LogP contribution < -0.4 is 10.6 Å². The van der Waals surface area contributed by atoms with E-state index in [4.69, 9.17) is 4.74 Å². The molecule has 1 heterocycles. The van der Waals surface area contributed by atoms with E-state index in [1.165, 1.54) is 4.90 Å². The maximum atomic E-state index is 13.7. The number of alkyl carbamates (subject to hydrolysis) is 1.